The van der Waals surface area contributed by atoms with Gasteiger partial charge < -0.3 is 20.5 Å². The lowest BCUT2D eigenvalue weighted by atomic mass is 9.76. The molecule has 0 radical (unpaired) electrons. The van der Waals surface area contributed by atoms with Crippen LogP contribution in [0.3, 0.4) is 0 Å². The predicted octanol–water partition coefficient (Wildman–Crippen LogP) is 3.92. The van der Waals surface area contributed by atoms with Crippen LogP contribution in [-0.2, 0) is 14.3 Å². The Hall–Kier alpha value is -3.35. The minimum absolute atomic E-state index is 0.0508. The quantitative estimate of drug-likeness (QED) is 0.524. The number of alkyl carbamates (subject to hydrolysis) is 1. The van der Waals surface area contributed by atoms with Gasteiger partial charge in [0.15, 0.2) is 0 Å². The molecule has 34 heavy (non-hydrogen) atoms. The Morgan fingerprint density at radius 2 is 1.53 bits per heavy atom. The van der Waals surface area contributed by atoms with Gasteiger partial charge in [-0.05, 0) is 59.8 Å². The maximum Gasteiger partial charge on any atom is 0.407 e. The Morgan fingerprint density at radius 3 is 2.06 bits per heavy atom. The van der Waals surface area contributed by atoms with Gasteiger partial charge in [0.05, 0.1) is 5.92 Å². The number of carbonyl (C=O) groups excluding carboxylic acids is 2. The van der Waals surface area contributed by atoms with Gasteiger partial charge >= 0.3 is 12.1 Å². The van der Waals surface area contributed by atoms with E-state index < -0.39 is 24.0 Å². The molecule has 0 spiro atoms. The number of carboxylic acid groups (broad SMARTS) is 1. The van der Waals surface area contributed by atoms with Crippen LogP contribution < -0.4 is 10.6 Å². The summed E-state index contributed by atoms with van der Waals surface area (Å²) in [6.07, 6.45) is 3.90. The number of amides is 2. The molecule has 178 valence electrons. The third-order valence-electron chi connectivity index (χ3n) is 7.53. The minimum atomic E-state index is -0.877. The molecule has 5 rings (SSSR count). The highest BCUT2D eigenvalue weighted by Gasteiger charge is 2.39. The highest BCUT2D eigenvalue weighted by molar-refractivity contribution is 5.87. The van der Waals surface area contributed by atoms with E-state index in [1.165, 1.54) is 0 Å². The average Bonchev–Trinajstić information content (AvgIpc) is 3.59. The van der Waals surface area contributed by atoms with Crippen molar-refractivity contribution in [3.8, 4) is 11.1 Å². The lowest BCUT2D eigenvalue weighted by Crippen LogP contribution is -2.50. The van der Waals surface area contributed by atoms with Crippen molar-refractivity contribution >= 4 is 18.0 Å². The van der Waals surface area contributed by atoms with Crippen molar-refractivity contribution in [3.05, 3.63) is 59.7 Å². The number of benzene rings is 2. The normalized spacial score (nSPS) is 18.7. The molecule has 7 heteroatoms. The van der Waals surface area contributed by atoms with Crippen LogP contribution in [0.15, 0.2) is 48.5 Å². The summed E-state index contributed by atoms with van der Waals surface area (Å²) in [5.41, 5.74) is 4.57. The van der Waals surface area contributed by atoms with Gasteiger partial charge in [-0.25, -0.2) is 4.79 Å². The zero-order valence-corrected chi connectivity index (χ0v) is 19.0. The maximum absolute atomic E-state index is 12.8. The van der Waals surface area contributed by atoms with Gasteiger partial charge in [0.1, 0.15) is 12.6 Å². The van der Waals surface area contributed by atoms with Crippen molar-refractivity contribution in [3.63, 3.8) is 0 Å². The Bertz CT molecular complexity index is 1050. The lowest BCUT2D eigenvalue weighted by molar-refractivity contribution is -0.144. The third-order valence-corrected chi connectivity index (χ3v) is 7.53. The fourth-order valence-corrected chi connectivity index (χ4v) is 5.21. The van der Waals surface area contributed by atoms with E-state index in [0.717, 1.165) is 54.4 Å². The van der Waals surface area contributed by atoms with E-state index in [4.69, 9.17) is 4.74 Å². The second kappa shape index (κ2) is 9.49. The molecular weight excluding hydrogens is 432 g/mol. The maximum atomic E-state index is 12.8. The molecule has 0 saturated heterocycles. The zero-order valence-electron chi connectivity index (χ0n) is 19.0. The van der Waals surface area contributed by atoms with Crippen LogP contribution in [0.1, 0.15) is 49.1 Å². The number of carboxylic acids is 1. The lowest BCUT2D eigenvalue weighted by Gasteiger charge is -2.31. The zero-order chi connectivity index (χ0) is 23.7. The molecule has 2 amide bonds. The number of hydrogen-bond acceptors (Lipinski definition) is 4. The molecule has 0 aromatic heterocycles. The smallest absolute Gasteiger partial charge is 0.407 e. The van der Waals surface area contributed by atoms with E-state index in [-0.39, 0.29) is 36.8 Å². The van der Waals surface area contributed by atoms with Gasteiger partial charge in [0, 0.05) is 12.5 Å². The van der Waals surface area contributed by atoms with Crippen LogP contribution in [0.25, 0.3) is 11.1 Å². The number of aliphatic carboxylic acids is 1. The van der Waals surface area contributed by atoms with Crippen molar-refractivity contribution in [2.45, 2.75) is 44.1 Å². The summed E-state index contributed by atoms with van der Waals surface area (Å²) in [6, 6.07) is 15.6. The summed E-state index contributed by atoms with van der Waals surface area (Å²) in [6.45, 7) is 0.274. The van der Waals surface area contributed by atoms with Crippen molar-refractivity contribution < 1.29 is 24.2 Å². The first-order chi connectivity index (χ1) is 16.5. The molecular formula is C27H30N2O5. The van der Waals surface area contributed by atoms with E-state index >= 15 is 0 Å². The molecule has 0 heterocycles. The molecule has 2 atom stereocenters. The molecule has 2 unspecified atom stereocenters. The number of hydrogen-bond donors (Lipinski definition) is 3. The average molecular weight is 463 g/mol. The van der Waals surface area contributed by atoms with Crippen LogP contribution in [0.4, 0.5) is 4.79 Å². The van der Waals surface area contributed by atoms with Gasteiger partial charge in [-0.1, -0.05) is 55.0 Å². The molecule has 0 bridgehead atoms. The first kappa shape index (κ1) is 22.4. The highest BCUT2D eigenvalue weighted by Crippen LogP contribution is 2.44. The second-order valence-corrected chi connectivity index (χ2v) is 9.67. The van der Waals surface area contributed by atoms with E-state index in [2.05, 4.69) is 34.9 Å². The topological polar surface area (TPSA) is 105 Å². The number of fused-ring (bicyclic) bond motifs is 3. The van der Waals surface area contributed by atoms with Crippen molar-refractivity contribution in [2.24, 2.45) is 17.8 Å². The van der Waals surface area contributed by atoms with E-state index in [0.29, 0.717) is 0 Å². The van der Waals surface area contributed by atoms with Crippen LogP contribution in [-0.4, -0.2) is 42.3 Å². The number of ether oxygens (including phenoxy) is 1. The first-order valence-corrected chi connectivity index (χ1v) is 12.1. The monoisotopic (exact) mass is 462 g/mol. The Kier molecular flexibility index (Phi) is 6.26. The van der Waals surface area contributed by atoms with Crippen molar-refractivity contribution in [2.75, 3.05) is 13.2 Å². The third kappa shape index (κ3) is 4.52. The second-order valence-electron chi connectivity index (χ2n) is 9.67. The fourth-order valence-electron chi connectivity index (χ4n) is 5.21. The van der Waals surface area contributed by atoms with Crippen molar-refractivity contribution in [1.82, 2.24) is 10.6 Å². The first-order valence-electron chi connectivity index (χ1n) is 12.1. The Balaban J connectivity index is 1.19. The van der Waals surface area contributed by atoms with Gasteiger partial charge in [0.2, 0.25) is 5.91 Å². The summed E-state index contributed by atoms with van der Waals surface area (Å²) in [5.74, 6) is -1.66. The van der Waals surface area contributed by atoms with Crippen LogP contribution in [0, 0.1) is 17.8 Å². The van der Waals surface area contributed by atoms with E-state index in [1.807, 2.05) is 24.3 Å². The van der Waals surface area contributed by atoms with Gasteiger partial charge in [-0.15, -0.1) is 0 Å². The number of nitrogens with one attached hydrogen (secondary N) is 2. The summed E-state index contributed by atoms with van der Waals surface area (Å²) in [4.78, 5) is 37.1. The largest absolute Gasteiger partial charge is 0.481 e. The molecule has 0 aliphatic heterocycles. The fraction of sp³-hybridized carbons (Fsp3) is 0.444. The minimum Gasteiger partial charge on any atom is -0.481 e. The molecule has 2 aromatic rings. The SMILES string of the molecule is O=C(NC(C(=O)NCC(C(=O)O)C1CCC1)C1CC1)OCC1c2ccccc2-c2ccccc21. The number of rotatable bonds is 9. The van der Waals surface area contributed by atoms with Crippen LogP contribution in [0.5, 0.6) is 0 Å². The van der Waals surface area contributed by atoms with E-state index in [1.54, 1.807) is 0 Å². The molecule has 3 aliphatic rings. The van der Waals surface area contributed by atoms with Gasteiger partial charge in [-0.2, -0.15) is 0 Å². The van der Waals surface area contributed by atoms with Crippen LogP contribution >= 0.6 is 0 Å². The standard InChI is InChI=1S/C27H30N2O5/c30-25(28-14-22(26(31)32)16-6-5-7-16)24(17-12-13-17)29-27(33)34-15-23-20-10-3-1-8-18(20)19-9-2-4-11-21(19)23/h1-4,8-11,16-17,22-24H,5-7,12-15H2,(H,28,30)(H,29,33)(H,31,32). The Labute approximate surface area is 198 Å². The molecule has 3 N–H and O–H groups in total. The summed E-state index contributed by atoms with van der Waals surface area (Å²) < 4.78 is 5.60. The summed E-state index contributed by atoms with van der Waals surface area (Å²) in [5, 5.41) is 15.0. The predicted molar refractivity (Wildman–Crippen MR) is 126 cm³/mol. The molecule has 2 fully saturated rings. The molecule has 7 nitrogen and oxygen atoms in total. The molecule has 2 saturated carbocycles. The highest BCUT2D eigenvalue weighted by atomic mass is 16.5. The van der Waals surface area contributed by atoms with Gasteiger partial charge in [-0.3, -0.25) is 9.59 Å². The van der Waals surface area contributed by atoms with Crippen molar-refractivity contribution in [1.29, 1.82) is 0 Å². The molecule has 2 aromatic carbocycles. The molecule has 3 aliphatic carbocycles. The summed E-state index contributed by atoms with van der Waals surface area (Å²) in [7, 11) is 0. The number of carbonyl (C=O) groups is 3. The Morgan fingerprint density at radius 1 is 0.912 bits per heavy atom. The summed E-state index contributed by atoms with van der Waals surface area (Å²) >= 11 is 0. The van der Waals surface area contributed by atoms with E-state index in [9.17, 15) is 19.5 Å². The van der Waals surface area contributed by atoms with Gasteiger partial charge in [0.25, 0.3) is 0 Å². The van der Waals surface area contributed by atoms with Crippen LogP contribution in [0.2, 0.25) is 0 Å².